The highest BCUT2D eigenvalue weighted by atomic mass is 16.1. The number of rotatable bonds is 3. The first-order chi connectivity index (χ1) is 9.83. The molecular weight excluding hydrogens is 246 g/mol. The predicted molar refractivity (Wildman–Crippen MR) is 81.0 cm³/mol. The molecule has 0 unspecified atom stereocenters. The van der Waals surface area contributed by atoms with Gasteiger partial charge in [0.25, 0.3) is 0 Å². The van der Waals surface area contributed by atoms with Gasteiger partial charge in [-0.1, -0.05) is 54.6 Å². The molecule has 100 valence electrons. The van der Waals surface area contributed by atoms with Gasteiger partial charge in [0.1, 0.15) is 0 Å². The van der Waals surface area contributed by atoms with E-state index in [9.17, 15) is 4.79 Å². The fourth-order valence-corrected chi connectivity index (χ4v) is 2.50. The highest BCUT2D eigenvalue weighted by Gasteiger charge is 2.15. The SMILES string of the molecule is O=C(NCc1ccccc1)C1=Cc2ccccc2CC1. The zero-order chi connectivity index (χ0) is 13.8. The Morgan fingerprint density at radius 3 is 2.55 bits per heavy atom. The van der Waals surface area contributed by atoms with Crippen LogP contribution in [0.2, 0.25) is 0 Å². The van der Waals surface area contributed by atoms with Crippen LogP contribution in [0.3, 0.4) is 0 Å². The van der Waals surface area contributed by atoms with Gasteiger partial charge in [-0.05, 0) is 35.6 Å². The first-order valence-electron chi connectivity index (χ1n) is 6.93. The summed E-state index contributed by atoms with van der Waals surface area (Å²) in [6.07, 6.45) is 3.78. The number of hydrogen-bond acceptors (Lipinski definition) is 1. The molecule has 1 aliphatic carbocycles. The van der Waals surface area contributed by atoms with Gasteiger partial charge in [0.15, 0.2) is 0 Å². The van der Waals surface area contributed by atoms with Crippen molar-refractivity contribution in [3.05, 3.63) is 76.9 Å². The van der Waals surface area contributed by atoms with E-state index in [1.807, 2.05) is 48.5 Å². The zero-order valence-electron chi connectivity index (χ0n) is 11.3. The normalized spacial score (nSPS) is 13.3. The summed E-state index contributed by atoms with van der Waals surface area (Å²) >= 11 is 0. The molecule has 1 aliphatic rings. The first-order valence-corrected chi connectivity index (χ1v) is 6.93. The molecule has 2 aromatic rings. The Bertz CT molecular complexity index is 643. The minimum Gasteiger partial charge on any atom is -0.348 e. The second kappa shape index (κ2) is 5.74. The summed E-state index contributed by atoms with van der Waals surface area (Å²) in [6, 6.07) is 18.2. The van der Waals surface area contributed by atoms with Crippen LogP contribution in [0.5, 0.6) is 0 Å². The first kappa shape index (κ1) is 12.7. The molecule has 2 nitrogen and oxygen atoms in total. The summed E-state index contributed by atoms with van der Waals surface area (Å²) in [4.78, 5) is 12.2. The number of benzene rings is 2. The lowest BCUT2D eigenvalue weighted by Gasteiger charge is -2.16. The zero-order valence-corrected chi connectivity index (χ0v) is 11.3. The molecule has 0 saturated heterocycles. The Labute approximate surface area is 119 Å². The lowest BCUT2D eigenvalue weighted by molar-refractivity contribution is -0.117. The third-order valence-electron chi connectivity index (χ3n) is 3.64. The highest BCUT2D eigenvalue weighted by molar-refractivity contribution is 5.98. The Hall–Kier alpha value is -2.35. The molecule has 0 saturated carbocycles. The molecule has 0 heterocycles. The van der Waals surface area contributed by atoms with Gasteiger partial charge in [-0.25, -0.2) is 0 Å². The Kier molecular flexibility index (Phi) is 3.64. The molecule has 0 bridgehead atoms. The number of amides is 1. The van der Waals surface area contributed by atoms with Gasteiger partial charge in [-0.3, -0.25) is 4.79 Å². The average Bonchev–Trinajstić information content (AvgIpc) is 2.53. The molecule has 1 amide bonds. The lowest BCUT2D eigenvalue weighted by Crippen LogP contribution is -2.25. The third-order valence-corrected chi connectivity index (χ3v) is 3.64. The van der Waals surface area contributed by atoms with Gasteiger partial charge >= 0.3 is 0 Å². The van der Waals surface area contributed by atoms with Gasteiger partial charge in [0.2, 0.25) is 5.91 Å². The highest BCUT2D eigenvalue weighted by Crippen LogP contribution is 2.23. The van der Waals surface area contributed by atoms with Crippen molar-refractivity contribution in [2.75, 3.05) is 0 Å². The molecule has 2 heteroatoms. The van der Waals surface area contributed by atoms with Crippen LogP contribution in [0.25, 0.3) is 6.08 Å². The number of carbonyl (C=O) groups is 1. The second-order valence-electron chi connectivity index (χ2n) is 5.04. The number of hydrogen-bond donors (Lipinski definition) is 1. The lowest BCUT2D eigenvalue weighted by atomic mass is 9.92. The van der Waals surface area contributed by atoms with Crippen LogP contribution in [0.15, 0.2) is 60.2 Å². The molecule has 0 aromatic heterocycles. The van der Waals surface area contributed by atoms with E-state index in [2.05, 4.69) is 17.4 Å². The third kappa shape index (κ3) is 2.80. The smallest absolute Gasteiger partial charge is 0.247 e. The summed E-state index contributed by atoms with van der Waals surface area (Å²) in [5.74, 6) is 0.0448. The molecule has 1 N–H and O–H groups in total. The second-order valence-corrected chi connectivity index (χ2v) is 5.04. The maximum Gasteiger partial charge on any atom is 0.247 e. The standard InChI is InChI=1S/C18H17NO/c20-18(19-13-14-6-2-1-3-7-14)17-11-10-15-8-4-5-9-16(15)12-17/h1-9,12H,10-11,13H2,(H,19,20). The van der Waals surface area contributed by atoms with Gasteiger partial charge < -0.3 is 5.32 Å². The van der Waals surface area contributed by atoms with E-state index < -0.39 is 0 Å². The average molecular weight is 263 g/mol. The fraction of sp³-hybridized carbons (Fsp3) is 0.167. The van der Waals surface area contributed by atoms with E-state index in [4.69, 9.17) is 0 Å². The minimum absolute atomic E-state index is 0.0448. The number of fused-ring (bicyclic) bond motifs is 1. The summed E-state index contributed by atoms with van der Waals surface area (Å²) in [5.41, 5.74) is 4.49. The van der Waals surface area contributed by atoms with Crippen molar-refractivity contribution in [2.24, 2.45) is 0 Å². The van der Waals surface area contributed by atoms with E-state index in [1.54, 1.807) is 0 Å². The molecular formula is C18H17NO. The van der Waals surface area contributed by atoms with Crippen molar-refractivity contribution in [1.29, 1.82) is 0 Å². The van der Waals surface area contributed by atoms with Crippen molar-refractivity contribution in [3.8, 4) is 0 Å². The van der Waals surface area contributed by atoms with Crippen molar-refractivity contribution in [3.63, 3.8) is 0 Å². The predicted octanol–water partition coefficient (Wildman–Crippen LogP) is 3.33. The molecule has 3 rings (SSSR count). The number of nitrogens with one attached hydrogen (secondary N) is 1. The Balaban J connectivity index is 1.68. The maximum atomic E-state index is 12.2. The van der Waals surface area contributed by atoms with E-state index >= 15 is 0 Å². The van der Waals surface area contributed by atoms with E-state index in [0.29, 0.717) is 6.54 Å². The Morgan fingerprint density at radius 1 is 0.950 bits per heavy atom. The molecule has 2 aromatic carbocycles. The van der Waals surface area contributed by atoms with Crippen LogP contribution in [0, 0.1) is 0 Å². The molecule has 20 heavy (non-hydrogen) atoms. The van der Waals surface area contributed by atoms with Crippen LogP contribution in [-0.2, 0) is 17.8 Å². The van der Waals surface area contributed by atoms with Gasteiger partial charge in [-0.2, -0.15) is 0 Å². The van der Waals surface area contributed by atoms with Crippen LogP contribution >= 0.6 is 0 Å². The Morgan fingerprint density at radius 2 is 1.70 bits per heavy atom. The van der Waals surface area contributed by atoms with Crippen molar-refractivity contribution in [2.45, 2.75) is 19.4 Å². The van der Waals surface area contributed by atoms with Gasteiger partial charge in [-0.15, -0.1) is 0 Å². The van der Waals surface area contributed by atoms with E-state index in [-0.39, 0.29) is 5.91 Å². The minimum atomic E-state index is 0.0448. The number of aryl methyl sites for hydroxylation is 1. The summed E-state index contributed by atoms with van der Waals surface area (Å²) in [6.45, 7) is 0.582. The topological polar surface area (TPSA) is 29.1 Å². The largest absolute Gasteiger partial charge is 0.348 e. The van der Waals surface area contributed by atoms with Crippen molar-refractivity contribution < 1.29 is 4.79 Å². The molecule has 0 atom stereocenters. The number of carbonyl (C=O) groups excluding carboxylic acids is 1. The van der Waals surface area contributed by atoms with Crippen LogP contribution in [0.4, 0.5) is 0 Å². The molecule has 0 spiro atoms. The van der Waals surface area contributed by atoms with Crippen LogP contribution < -0.4 is 5.32 Å². The van der Waals surface area contributed by atoms with E-state index in [0.717, 1.165) is 24.0 Å². The fourth-order valence-electron chi connectivity index (χ4n) is 2.50. The van der Waals surface area contributed by atoms with Crippen molar-refractivity contribution >= 4 is 12.0 Å². The van der Waals surface area contributed by atoms with Crippen LogP contribution in [-0.4, -0.2) is 5.91 Å². The van der Waals surface area contributed by atoms with E-state index in [1.165, 1.54) is 11.1 Å². The summed E-state index contributed by atoms with van der Waals surface area (Å²) in [5, 5.41) is 2.99. The van der Waals surface area contributed by atoms with Gasteiger partial charge in [0, 0.05) is 12.1 Å². The monoisotopic (exact) mass is 263 g/mol. The molecule has 0 aliphatic heterocycles. The summed E-state index contributed by atoms with van der Waals surface area (Å²) < 4.78 is 0. The summed E-state index contributed by atoms with van der Waals surface area (Å²) in [7, 11) is 0. The quantitative estimate of drug-likeness (QED) is 0.904. The maximum absolute atomic E-state index is 12.2. The molecule has 0 fully saturated rings. The van der Waals surface area contributed by atoms with Crippen molar-refractivity contribution in [1.82, 2.24) is 5.32 Å². The van der Waals surface area contributed by atoms with Crippen LogP contribution in [0.1, 0.15) is 23.1 Å². The molecule has 0 radical (unpaired) electrons. The van der Waals surface area contributed by atoms with Gasteiger partial charge in [0.05, 0.1) is 0 Å².